The van der Waals surface area contributed by atoms with Gasteiger partial charge in [-0.05, 0) is 54.4 Å². The number of fused-ring (bicyclic) bond motifs is 1. The molecule has 0 fully saturated rings. The van der Waals surface area contributed by atoms with Gasteiger partial charge in [0.05, 0.1) is 29.3 Å². The van der Waals surface area contributed by atoms with Crippen molar-refractivity contribution in [1.82, 2.24) is 4.57 Å². The Labute approximate surface area is 244 Å². The minimum Gasteiger partial charge on any atom is -0.494 e. The Hall–Kier alpha value is -4.13. The van der Waals surface area contributed by atoms with Crippen LogP contribution in [0.2, 0.25) is 0 Å². The van der Waals surface area contributed by atoms with Gasteiger partial charge in [-0.15, -0.1) is 11.8 Å². The Morgan fingerprint density at radius 2 is 1.74 bits per heavy atom. The smallest absolute Gasteiger partial charge is 0.416 e. The van der Waals surface area contributed by atoms with E-state index in [1.807, 2.05) is 0 Å². The molecule has 3 aromatic carbocycles. The first-order valence-corrected chi connectivity index (χ1v) is 13.7. The van der Waals surface area contributed by atoms with E-state index in [-0.39, 0.29) is 38.8 Å². The van der Waals surface area contributed by atoms with E-state index in [0.29, 0.717) is 0 Å². The standard InChI is InChI=1S/C30H21F7N2O3S/c1-14-17(12-18-20(30(35,36)37)6-4-7-21(18)32)29-39(28(40)25(14)16-5-3-8-24(42-2)26(16)34)23(13-43-29)27(38-41)19-11-15(31)9-10-22(19)33/h3-11,23,27H,12-13H2,1-2H3. The zero-order valence-electron chi connectivity index (χ0n) is 22.4. The molecular formula is C30H21F7N2O3S. The van der Waals surface area contributed by atoms with Crippen LogP contribution in [-0.2, 0) is 12.6 Å². The number of thioether (sulfide) groups is 1. The van der Waals surface area contributed by atoms with Crippen LogP contribution in [0.25, 0.3) is 11.1 Å². The molecule has 0 spiro atoms. The molecule has 2 unspecified atom stereocenters. The molecule has 0 radical (unpaired) electrons. The Morgan fingerprint density at radius 1 is 1.02 bits per heavy atom. The summed E-state index contributed by atoms with van der Waals surface area (Å²) < 4.78 is 107. The Bertz CT molecular complexity index is 1810. The van der Waals surface area contributed by atoms with Crippen molar-refractivity contribution in [2.24, 2.45) is 5.18 Å². The Morgan fingerprint density at radius 3 is 2.42 bits per heavy atom. The molecule has 0 amide bonds. The summed E-state index contributed by atoms with van der Waals surface area (Å²) in [5.41, 5.74) is -3.65. The summed E-state index contributed by atoms with van der Waals surface area (Å²) in [5.74, 6) is -4.25. The van der Waals surface area contributed by atoms with Crippen LogP contribution in [0.4, 0.5) is 30.7 Å². The summed E-state index contributed by atoms with van der Waals surface area (Å²) in [6, 6.07) is 5.99. The fourth-order valence-electron chi connectivity index (χ4n) is 5.40. The number of ether oxygens (including phenoxy) is 1. The van der Waals surface area contributed by atoms with E-state index in [1.54, 1.807) is 0 Å². The third-order valence-electron chi connectivity index (χ3n) is 7.44. The highest BCUT2D eigenvalue weighted by Gasteiger charge is 2.40. The van der Waals surface area contributed by atoms with E-state index < -0.39 is 70.2 Å². The van der Waals surface area contributed by atoms with Gasteiger partial charge in [0.15, 0.2) is 11.6 Å². The molecule has 224 valence electrons. The van der Waals surface area contributed by atoms with Crippen LogP contribution < -0.4 is 10.3 Å². The Balaban J connectivity index is 1.82. The molecule has 1 aliphatic heterocycles. The van der Waals surface area contributed by atoms with Gasteiger partial charge in [-0.2, -0.15) is 18.1 Å². The van der Waals surface area contributed by atoms with Crippen LogP contribution >= 0.6 is 11.8 Å². The molecule has 1 aliphatic rings. The predicted octanol–water partition coefficient (Wildman–Crippen LogP) is 8.15. The average Bonchev–Trinajstić information content (AvgIpc) is 3.39. The number of alkyl halides is 3. The number of hydrogen-bond acceptors (Lipinski definition) is 5. The minimum absolute atomic E-state index is 0.0595. The molecule has 43 heavy (non-hydrogen) atoms. The van der Waals surface area contributed by atoms with Crippen LogP contribution in [0.5, 0.6) is 5.75 Å². The summed E-state index contributed by atoms with van der Waals surface area (Å²) in [6.45, 7) is 1.40. The van der Waals surface area contributed by atoms with Gasteiger partial charge >= 0.3 is 6.18 Å². The van der Waals surface area contributed by atoms with Gasteiger partial charge in [-0.25, -0.2) is 17.6 Å². The second-order valence-electron chi connectivity index (χ2n) is 9.82. The van der Waals surface area contributed by atoms with Crippen LogP contribution in [0, 0.1) is 35.1 Å². The maximum absolute atomic E-state index is 15.6. The van der Waals surface area contributed by atoms with Crippen molar-refractivity contribution in [2.45, 2.75) is 36.6 Å². The molecular weight excluding hydrogens is 601 g/mol. The first-order valence-electron chi connectivity index (χ1n) is 12.7. The Kier molecular flexibility index (Phi) is 8.12. The fraction of sp³-hybridized carbons (Fsp3) is 0.233. The molecule has 0 saturated heterocycles. The molecule has 5 nitrogen and oxygen atoms in total. The number of benzene rings is 3. The van der Waals surface area contributed by atoms with Crippen molar-refractivity contribution in [1.29, 1.82) is 0 Å². The van der Waals surface area contributed by atoms with Crippen molar-refractivity contribution < 1.29 is 35.5 Å². The molecule has 0 saturated carbocycles. The second kappa shape index (κ2) is 11.5. The van der Waals surface area contributed by atoms with Crippen LogP contribution in [0.1, 0.15) is 39.9 Å². The zero-order valence-corrected chi connectivity index (χ0v) is 23.3. The number of nitrogens with zero attached hydrogens (tertiary/aromatic N) is 2. The first kappa shape index (κ1) is 30.3. The molecule has 2 atom stereocenters. The summed E-state index contributed by atoms with van der Waals surface area (Å²) in [6.07, 6.45) is -5.58. The normalized spacial score (nSPS) is 15.3. The SMILES string of the molecule is COc1cccc(-c2c(C)c(Cc3c(F)cccc3C(F)(F)F)c3n(c2=O)C(C(N=O)c2cc(F)ccc2F)CS3)c1F. The molecule has 0 bridgehead atoms. The number of hydrogen-bond donors (Lipinski definition) is 0. The van der Waals surface area contributed by atoms with E-state index in [1.165, 1.54) is 32.2 Å². The van der Waals surface area contributed by atoms with Crippen molar-refractivity contribution in [3.05, 3.63) is 121 Å². The summed E-state index contributed by atoms with van der Waals surface area (Å²) in [5, 5.41) is 3.06. The molecule has 13 heteroatoms. The van der Waals surface area contributed by atoms with E-state index in [4.69, 9.17) is 4.74 Å². The highest BCUT2D eigenvalue weighted by Crippen LogP contribution is 2.46. The van der Waals surface area contributed by atoms with Crippen LogP contribution in [0.15, 0.2) is 69.6 Å². The molecule has 2 heterocycles. The van der Waals surface area contributed by atoms with E-state index >= 15 is 4.39 Å². The van der Waals surface area contributed by atoms with E-state index in [0.717, 1.165) is 52.7 Å². The maximum Gasteiger partial charge on any atom is 0.416 e. The molecule has 0 N–H and O–H groups in total. The minimum atomic E-state index is -4.92. The number of nitroso groups, excluding NO2 is 1. The van der Waals surface area contributed by atoms with Gasteiger partial charge < -0.3 is 4.74 Å². The van der Waals surface area contributed by atoms with Crippen molar-refractivity contribution in [3.63, 3.8) is 0 Å². The van der Waals surface area contributed by atoms with Crippen molar-refractivity contribution >= 4 is 11.8 Å². The monoisotopic (exact) mass is 622 g/mol. The molecule has 5 rings (SSSR count). The number of halogens is 7. The molecule has 0 aliphatic carbocycles. The van der Waals surface area contributed by atoms with Crippen molar-refractivity contribution in [2.75, 3.05) is 12.9 Å². The molecule has 4 aromatic rings. The number of pyridine rings is 1. The average molecular weight is 623 g/mol. The summed E-state index contributed by atoms with van der Waals surface area (Å²) in [4.78, 5) is 26.2. The van der Waals surface area contributed by atoms with Gasteiger partial charge in [-0.1, -0.05) is 23.4 Å². The van der Waals surface area contributed by atoms with Gasteiger partial charge in [0.1, 0.15) is 23.5 Å². The third kappa shape index (κ3) is 5.30. The van der Waals surface area contributed by atoms with Gasteiger partial charge in [0, 0.05) is 28.9 Å². The number of methoxy groups -OCH3 is 1. The van der Waals surface area contributed by atoms with Gasteiger partial charge in [0.2, 0.25) is 0 Å². The lowest BCUT2D eigenvalue weighted by Crippen LogP contribution is -2.30. The summed E-state index contributed by atoms with van der Waals surface area (Å²) in [7, 11) is 1.20. The summed E-state index contributed by atoms with van der Waals surface area (Å²) >= 11 is 0.959. The molecule has 1 aromatic heterocycles. The van der Waals surface area contributed by atoms with Gasteiger partial charge in [0.25, 0.3) is 5.56 Å². The van der Waals surface area contributed by atoms with Crippen molar-refractivity contribution in [3.8, 4) is 16.9 Å². The highest BCUT2D eigenvalue weighted by atomic mass is 32.2. The first-order chi connectivity index (χ1) is 20.4. The van der Waals surface area contributed by atoms with E-state index in [9.17, 15) is 36.0 Å². The quantitative estimate of drug-likeness (QED) is 0.154. The third-order valence-corrected chi connectivity index (χ3v) is 8.67. The maximum atomic E-state index is 15.6. The van der Waals surface area contributed by atoms with E-state index in [2.05, 4.69) is 5.18 Å². The number of rotatable bonds is 7. The topological polar surface area (TPSA) is 60.7 Å². The zero-order chi connectivity index (χ0) is 31.2. The van der Waals surface area contributed by atoms with Crippen LogP contribution in [0.3, 0.4) is 0 Å². The fourth-order valence-corrected chi connectivity index (χ4v) is 6.82. The lowest BCUT2D eigenvalue weighted by Gasteiger charge is -2.24. The largest absolute Gasteiger partial charge is 0.494 e. The van der Waals surface area contributed by atoms with Gasteiger partial charge in [-0.3, -0.25) is 9.36 Å². The lowest BCUT2D eigenvalue weighted by molar-refractivity contribution is -0.138. The lowest BCUT2D eigenvalue weighted by atomic mass is 9.91. The number of aromatic nitrogens is 1. The van der Waals surface area contributed by atoms with Crippen LogP contribution in [-0.4, -0.2) is 17.4 Å². The predicted molar refractivity (Wildman–Crippen MR) is 146 cm³/mol. The second-order valence-corrected chi connectivity index (χ2v) is 10.8. The highest BCUT2D eigenvalue weighted by molar-refractivity contribution is 7.99.